The van der Waals surface area contributed by atoms with E-state index < -0.39 is 17.6 Å². The normalized spacial score (nSPS) is 14.1. The van der Waals surface area contributed by atoms with Crippen LogP contribution < -0.4 is 5.56 Å². The Hall–Kier alpha value is -1.00. The third-order valence-electron chi connectivity index (χ3n) is 2.62. The third-order valence-corrected chi connectivity index (χ3v) is 3.09. The summed E-state index contributed by atoms with van der Waals surface area (Å²) >= 11 is 11.5. The summed E-state index contributed by atoms with van der Waals surface area (Å²) in [7, 11) is 0. The topological polar surface area (TPSA) is 48.3 Å². The van der Waals surface area contributed by atoms with E-state index in [-0.39, 0.29) is 11.1 Å². The Balaban J connectivity index is 3.00. The highest BCUT2D eigenvalue weighted by atomic mass is 35.5. The Bertz CT molecular complexity index is 499. The van der Waals surface area contributed by atoms with Gasteiger partial charge in [-0.15, -0.1) is 0 Å². The number of ether oxygens (including phenoxy) is 1. The van der Waals surface area contributed by atoms with Crippen LogP contribution in [0.15, 0.2) is 17.1 Å². The highest BCUT2D eigenvalue weighted by Crippen LogP contribution is 2.15. The Morgan fingerprint density at radius 3 is 2.61 bits per heavy atom. The maximum absolute atomic E-state index is 11.8. The first-order valence-electron chi connectivity index (χ1n) is 5.64. The number of hydrogen-bond donors (Lipinski definition) is 0. The molecule has 0 aliphatic heterocycles. The first-order valence-corrected chi connectivity index (χ1v) is 6.40. The molecule has 0 aliphatic carbocycles. The summed E-state index contributed by atoms with van der Waals surface area (Å²) in [5, 5.41) is 0.272. The number of aromatic nitrogens is 1. The van der Waals surface area contributed by atoms with Crippen molar-refractivity contribution in [1.82, 2.24) is 4.57 Å². The van der Waals surface area contributed by atoms with Crippen molar-refractivity contribution in [2.75, 3.05) is 0 Å². The SMILES string of the molecule is CCC(C)OC(=O)C(C)n1cc(Cl)cc(Cl)c1=O. The van der Waals surface area contributed by atoms with Gasteiger partial charge in [-0.1, -0.05) is 30.1 Å². The lowest BCUT2D eigenvalue weighted by Gasteiger charge is -2.17. The molecule has 0 spiro atoms. The minimum absolute atomic E-state index is 0.0225. The zero-order chi connectivity index (χ0) is 13.9. The average Bonchev–Trinajstić information content (AvgIpc) is 2.32. The second-order valence-corrected chi connectivity index (χ2v) is 4.89. The molecule has 0 fully saturated rings. The standard InChI is InChI=1S/C12H15Cl2NO3/c1-4-7(2)18-12(17)8(3)15-6-9(13)5-10(14)11(15)16/h5-8H,4H2,1-3H3. The minimum Gasteiger partial charge on any atom is -0.461 e. The molecule has 2 unspecified atom stereocenters. The van der Waals surface area contributed by atoms with Crippen LogP contribution in [0.1, 0.15) is 33.2 Å². The van der Waals surface area contributed by atoms with Crippen LogP contribution in [0.2, 0.25) is 10.0 Å². The molecule has 100 valence electrons. The zero-order valence-corrected chi connectivity index (χ0v) is 12.0. The Kier molecular flexibility index (Phi) is 5.23. The van der Waals surface area contributed by atoms with Crippen LogP contribution >= 0.6 is 23.2 Å². The molecule has 0 amide bonds. The fourth-order valence-electron chi connectivity index (χ4n) is 1.32. The predicted octanol–water partition coefficient (Wildman–Crippen LogP) is 3.06. The molecule has 1 rings (SSSR count). The van der Waals surface area contributed by atoms with E-state index in [1.165, 1.54) is 16.8 Å². The van der Waals surface area contributed by atoms with Gasteiger partial charge in [0.25, 0.3) is 5.56 Å². The number of pyridine rings is 1. The Morgan fingerprint density at radius 2 is 2.06 bits per heavy atom. The molecule has 6 heteroatoms. The summed E-state index contributed by atoms with van der Waals surface area (Å²) in [5.41, 5.74) is -0.463. The van der Waals surface area contributed by atoms with Crippen LogP contribution in [0, 0.1) is 0 Å². The largest absolute Gasteiger partial charge is 0.461 e. The van der Waals surface area contributed by atoms with Crippen molar-refractivity contribution in [3.05, 3.63) is 32.7 Å². The molecular formula is C12H15Cl2NO3. The van der Waals surface area contributed by atoms with E-state index in [2.05, 4.69) is 0 Å². The van der Waals surface area contributed by atoms with E-state index in [0.29, 0.717) is 11.4 Å². The van der Waals surface area contributed by atoms with Crippen molar-refractivity contribution >= 4 is 29.2 Å². The van der Waals surface area contributed by atoms with Gasteiger partial charge in [0, 0.05) is 6.20 Å². The monoisotopic (exact) mass is 291 g/mol. The molecule has 1 heterocycles. The second-order valence-electron chi connectivity index (χ2n) is 4.05. The first kappa shape index (κ1) is 15.1. The highest BCUT2D eigenvalue weighted by Gasteiger charge is 2.20. The molecule has 0 N–H and O–H groups in total. The molecule has 0 radical (unpaired) electrons. The summed E-state index contributed by atoms with van der Waals surface area (Å²) in [4.78, 5) is 23.6. The highest BCUT2D eigenvalue weighted by molar-refractivity contribution is 6.34. The number of carbonyl (C=O) groups is 1. The van der Waals surface area contributed by atoms with Crippen molar-refractivity contribution in [3.63, 3.8) is 0 Å². The van der Waals surface area contributed by atoms with Gasteiger partial charge in [-0.05, 0) is 26.3 Å². The fourth-order valence-corrected chi connectivity index (χ4v) is 1.80. The van der Waals surface area contributed by atoms with Crippen molar-refractivity contribution in [2.24, 2.45) is 0 Å². The van der Waals surface area contributed by atoms with Crippen molar-refractivity contribution in [3.8, 4) is 0 Å². The maximum Gasteiger partial charge on any atom is 0.329 e. The van der Waals surface area contributed by atoms with E-state index in [1.807, 2.05) is 6.92 Å². The van der Waals surface area contributed by atoms with Gasteiger partial charge in [0.2, 0.25) is 0 Å². The van der Waals surface area contributed by atoms with Crippen LogP contribution in [-0.2, 0) is 9.53 Å². The molecule has 0 aliphatic rings. The number of halogens is 2. The molecule has 0 aromatic carbocycles. The molecule has 0 saturated carbocycles. The fraction of sp³-hybridized carbons (Fsp3) is 0.500. The quantitative estimate of drug-likeness (QED) is 0.801. The first-order chi connectivity index (χ1) is 8.36. The minimum atomic E-state index is -0.761. The number of rotatable bonds is 4. The van der Waals surface area contributed by atoms with Gasteiger partial charge in [-0.2, -0.15) is 0 Å². The predicted molar refractivity (Wildman–Crippen MR) is 71.3 cm³/mol. The zero-order valence-electron chi connectivity index (χ0n) is 10.4. The van der Waals surface area contributed by atoms with Gasteiger partial charge >= 0.3 is 5.97 Å². The van der Waals surface area contributed by atoms with Crippen LogP contribution in [0.25, 0.3) is 0 Å². The molecule has 0 bridgehead atoms. The van der Waals surface area contributed by atoms with E-state index in [4.69, 9.17) is 27.9 Å². The van der Waals surface area contributed by atoms with Gasteiger partial charge in [0.15, 0.2) is 0 Å². The van der Waals surface area contributed by atoms with E-state index >= 15 is 0 Å². The van der Waals surface area contributed by atoms with Gasteiger partial charge in [0.05, 0.1) is 11.1 Å². The van der Waals surface area contributed by atoms with Crippen LogP contribution in [0.4, 0.5) is 0 Å². The van der Waals surface area contributed by atoms with Crippen LogP contribution in [0.3, 0.4) is 0 Å². The molecule has 1 aromatic heterocycles. The van der Waals surface area contributed by atoms with E-state index in [9.17, 15) is 9.59 Å². The molecule has 0 saturated heterocycles. The number of hydrogen-bond acceptors (Lipinski definition) is 3. The smallest absolute Gasteiger partial charge is 0.329 e. The summed E-state index contributed by atoms with van der Waals surface area (Å²) in [5.74, 6) is -0.482. The van der Waals surface area contributed by atoms with Crippen molar-refractivity contribution < 1.29 is 9.53 Å². The van der Waals surface area contributed by atoms with Crippen LogP contribution in [-0.4, -0.2) is 16.6 Å². The lowest BCUT2D eigenvalue weighted by molar-refractivity contribution is -0.152. The molecular weight excluding hydrogens is 277 g/mol. The second kappa shape index (κ2) is 6.25. The lowest BCUT2D eigenvalue weighted by Crippen LogP contribution is -2.30. The number of carbonyl (C=O) groups excluding carboxylic acids is 1. The summed E-state index contributed by atoms with van der Waals surface area (Å²) in [6.45, 7) is 5.27. The lowest BCUT2D eigenvalue weighted by atomic mass is 10.3. The summed E-state index contributed by atoms with van der Waals surface area (Å²) in [6, 6.07) is 0.581. The molecule has 1 aromatic rings. The number of esters is 1. The maximum atomic E-state index is 11.8. The van der Waals surface area contributed by atoms with Crippen molar-refractivity contribution in [2.45, 2.75) is 39.3 Å². The Morgan fingerprint density at radius 1 is 1.44 bits per heavy atom. The van der Waals surface area contributed by atoms with Crippen molar-refractivity contribution in [1.29, 1.82) is 0 Å². The van der Waals surface area contributed by atoms with Gasteiger partial charge in [-0.25, -0.2) is 4.79 Å². The van der Waals surface area contributed by atoms with Gasteiger partial charge in [-0.3, -0.25) is 9.36 Å². The summed E-state index contributed by atoms with van der Waals surface area (Å²) in [6.07, 6.45) is 1.90. The molecule has 4 nitrogen and oxygen atoms in total. The van der Waals surface area contributed by atoms with E-state index in [0.717, 1.165) is 0 Å². The molecule has 2 atom stereocenters. The Labute approximate surface area is 115 Å². The van der Waals surface area contributed by atoms with Crippen LogP contribution in [0.5, 0.6) is 0 Å². The van der Waals surface area contributed by atoms with E-state index in [1.54, 1.807) is 13.8 Å². The number of nitrogens with zero attached hydrogens (tertiary/aromatic N) is 1. The average molecular weight is 292 g/mol. The van der Waals surface area contributed by atoms with Gasteiger partial charge < -0.3 is 4.74 Å². The van der Waals surface area contributed by atoms with Gasteiger partial charge in [0.1, 0.15) is 11.1 Å². The third kappa shape index (κ3) is 3.50. The molecule has 18 heavy (non-hydrogen) atoms. The summed E-state index contributed by atoms with van der Waals surface area (Å²) < 4.78 is 6.34.